The largest absolute Gasteiger partial charge is 0.497 e. The molecule has 0 spiro atoms. The summed E-state index contributed by atoms with van der Waals surface area (Å²) in [7, 11) is 1.64. The van der Waals surface area contributed by atoms with Gasteiger partial charge in [0, 0.05) is 11.7 Å². The maximum Gasteiger partial charge on any atom is 0.244 e. The second-order valence-electron chi connectivity index (χ2n) is 4.72. The lowest BCUT2D eigenvalue weighted by molar-refractivity contribution is -0.120. The molecular formula is C14H20N2O2. The van der Waals surface area contributed by atoms with Crippen molar-refractivity contribution in [2.45, 2.75) is 32.4 Å². The van der Waals surface area contributed by atoms with E-state index in [0.717, 1.165) is 24.4 Å². The van der Waals surface area contributed by atoms with Gasteiger partial charge in [-0.05, 0) is 51.1 Å². The molecule has 1 aliphatic rings. The first-order valence-corrected chi connectivity index (χ1v) is 6.34. The van der Waals surface area contributed by atoms with Gasteiger partial charge in [-0.2, -0.15) is 0 Å². The van der Waals surface area contributed by atoms with Crippen LogP contribution in [0.25, 0.3) is 0 Å². The van der Waals surface area contributed by atoms with E-state index in [2.05, 4.69) is 12.2 Å². The fourth-order valence-corrected chi connectivity index (χ4v) is 2.28. The molecule has 1 amide bonds. The van der Waals surface area contributed by atoms with Crippen molar-refractivity contribution in [3.8, 4) is 5.75 Å². The van der Waals surface area contributed by atoms with Crippen LogP contribution in [0.15, 0.2) is 24.3 Å². The molecule has 4 heteroatoms. The van der Waals surface area contributed by atoms with Gasteiger partial charge in [0.05, 0.1) is 13.2 Å². The summed E-state index contributed by atoms with van der Waals surface area (Å²) in [5.74, 6) is 0.935. The molecule has 0 bridgehead atoms. The number of hydrogen-bond donors (Lipinski definition) is 1. The molecule has 2 unspecified atom stereocenters. The lowest BCUT2D eigenvalue weighted by Gasteiger charge is -2.28. The highest BCUT2D eigenvalue weighted by Crippen LogP contribution is 2.24. The van der Waals surface area contributed by atoms with E-state index in [-0.39, 0.29) is 18.0 Å². The average molecular weight is 248 g/mol. The number of nitrogens with one attached hydrogen (secondary N) is 1. The third-order valence-corrected chi connectivity index (χ3v) is 3.41. The molecule has 4 nitrogen and oxygen atoms in total. The minimum atomic E-state index is -0.128. The first kappa shape index (κ1) is 12.9. The van der Waals surface area contributed by atoms with Crippen LogP contribution in [-0.2, 0) is 4.79 Å². The number of ether oxygens (including phenoxy) is 1. The van der Waals surface area contributed by atoms with Crippen molar-refractivity contribution in [1.82, 2.24) is 5.32 Å². The molecule has 0 saturated carbocycles. The smallest absolute Gasteiger partial charge is 0.244 e. The van der Waals surface area contributed by atoms with Crippen LogP contribution in [0, 0.1) is 0 Å². The molecule has 1 aromatic carbocycles. The van der Waals surface area contributed by atoms with Crippen LogP contribution in [0.3, 0.4) is 0 Å². The number of amides is 1. The normalized spacial score (nSPS) is 24.8. The van der Waals surface area contributed by atoms with Gasteiger partial charge in [0.25, 0.3) is 0 Å². The molecular weight excluding hydrogens is 228 g/mol. The molecule has 1 fully saturated rings. The van der Waals surface area contributed by atoms with Crippen molar-refractivity contribution in [1.29, 1.82) is 0 Å². The molecule has 1 heterocycles. The standard InChI is InChI=1S/C14H20N2O2/c1-10-8-9-15-11(2)14(17)16(10)12-4-6-13(18-3)7-5-12/h4-7,10-11,15H,8-9H2,1-3H3. The summed E-state index contributed by atoms with van der Waals surface area (Å²) in [6, 6.07) is 7.73. The van der Waals surface area contributed by atoms with Crippen LogP contribution in [0.1, 0.15) is 20.3 Å². The summed E-state index contributed by atoms with van der Waals surface area (Å²) < 4.78 is 5.14. The fraction of sp³-hybridized carbons (Fsp3) is 0.500. The zero-order chi connectivity index (χ0) is 13.1. The maximum absolute atomic E-state index is 12.3. The second kappa shape index (κ2) is 5.40. The Morgan fingerprint density at radius 2 is 1.94 bits per heavy atom. The number of carbonyl (C=O) groups excluding carboxylic acids is 1. The number of rotatable bonds is 2. The van der Waals surface area contributed by atoms with Gasteiger partial charge in [-0.15, -0.1) is 0 Å². The molecule has 1 saturated heterocycles. The Bertz CT molecular complexity index is 416. The number of methoxy groups -OCH3 is 1. The molecule has 1 aromatic rings. The van der Waals surface area contributed by atoms with Gasteiger partial charge in [0.1, 0.15) is 5.75 Å². The third-order valence-electron chi connectivity index (χ3n) is 3.41. The van der Waals surface area contributed by atoms with Gasteiger partial charge in [0.2, 0.25) is 5.91 Å². The first-order chi connectivity index (χ1) is 8.63. The summed E-state index contributed by atoms with van der Waals surface area (Å²) in [5, 5.41) is 3.23. The van der Waals surface area contributed by atoms with E-state index in [1.165, 1.54) is 0 Å². The molecule has 0 radical (unpaired) electrons. The molecule has 2 atom stereocenters. The van der Waals surface area contributed by atoms with E-state index in [1.807, 2.05) is 36.1 Å². The van der Waals surface area contributed by atoms with E-state index < -0.39 is 0 Å². The number of nitrogens with zero attached hydrogens (tertiary/aromatic N) is 1. The van der Waals surface area contributed by atoms with Gasteiger partial charge < -0.3 is 15.0 Å². The van der Waals surface area contributed by atoms with E-state index in [0.29, 0.717) is 0 Å². The van der Waals surface area contributed by atoms with Crippen LogP contribution < -0.4 is 15.0 Å². The lowest BCUT2D eigenvalue weighted by Crippen LogP contribution is -2.44. The predicted octanol–water partition coefficient (Wildman–Crippen LogP) is 1.80. The number of hydrogen-bond acceptors (Lipinski definition) is 3. The molecule has 2 rings (SSSR count). The van der Waals surface area contributed by atoms with Crippen molar-refractivity contribution >= 4 is 11.6 Å². The van der Waals surface area contributed by atoms with Crippen molar-refractivity contribution < 1.29 is 9.53 Å². The first-order valence-electron chi connectivity index (χ1n) is 6.34. The quantitative estimate of drug-likeness (QED) is 0.867. The Labute approximate surface area is 108 Å². The van der Waals surface area contributed by atoms with Crippen LogP contribution in [0.2, 0.25) is 0 Å². The average Bonchev–Trinajstić information content (AvgIpc) is 2.50. The van der Waals surface area contributed by atoms with Gasteiger partial charge in [-0.1, -0.05) is 0 Å². The minimum absolute atomic E-state index is 0.128. The van der Waals surface area contributed by atoms with Crippen molar-refractivity contribution in [2.24, 2.45) is 0 Å². The van der Waals surface area contributed by atoms with E-state index in [1.54, 1.807) is 7.11 Å². The fourth-order valence-electron chi connectivity index (χ4n) is 2.28. The highest BCUT2D eigenvalue weighted by atomic mass is 16.5. The van der Waals surface area contributed by atoms with Crippen LogP contribution in [-0.4, -0.2) is 31.6 Å². The monoisotopic (exact) mass is 248 g/mol. The number of anilines is 1. The Morgan fingerprint density at radius 3 is 2.56 bits per heavy atom. The molecule has 18 heavy (non-hydrogen) atoms. The Balaban J connectivity index is 2.29. The highest BCUT2D eigenvalue weighted by Gasteiger charge is 2.28. The van der Waals surface area contributed by atoms with Crippen LogP contribution in [0.5, 0.6) is 5.75 Å². The van der Waals surface area contributed by atoms with Gasteiger partial charge in [-0.25, -0.2) is 0 Å². The van der Waals surface area contributed by atoms with Gasteiger partial charge in [-0.3, -0.25) is 4.79 Å². The van der Waals surface area contributed by atoms with Crippen molar-refractivity contribution in [3.05, 3.63) is 24.3 Å². The predicted molar refractivity (Wildman–Crippen MR) is 72.0 cm³/mol. The minimum Gasteiger partial charge on any atom is -0.497 e. The molecule has 1 N–H and O–H groups in total. The summed E-state index contributed by atoms with van der Waals surface area (Å²) in [5.41, 5.74) is 0.934. The van der Waals surface area contributed by atoms with E-state index in [9.17, 15) is 4.79 Å². The second-order valence-corrected chi connectivity index (χ2v) is 4.72. The van der Waals surface area contributed by atoms with Crippen molar-refractivity contribution in [3.63, 3.8) is 0 Å². The Hall–Kier alpha value is -1.55. The zero-order valence-electron chi connectivity index (χ0n) is 11.1. The SMILES string of the molecule is COc1ccc(N2C(=O)C(C)NCCC2C)cc1. The summed E-state index contributed by atoms with van der Waals surface area (Å²) in [6.45, 7) is 4.87. The molecule has 0 aliphatic carbocycles. The molecule has 0 aromatic heterocycles. The van der Waals surface area contributed by atoms with Crippen molar-refractivity contribution in [2.75, 3.05) is 18.6 Å². The summed E-state index contributed by atoms with van der Waals surface area (Å²) >= 11 is 0. The highest BCUT2D eigenvalue weighted by molar-refractivity contribution is 5.97. The van der Waals surface area contributed by atoms with Crippen LogP contribution >= 0.6 is 0 Å². The topological polar surface area (TPSA) is 41.6 Å². The van der Waals surface area contributed by atoms with E-state index >= 15 is 0 Å². The van der Waals surface area contributed by atoms with E-state index in [4.69, 9.17) is 4.74 Å². The third kappa shape index (κ3) is 2.48. The summed E-state index contributed by atoms with van der Waals surface area (Å²) in [6.07, 6.45) is 0.960. The Morgan fingerprint density at radius 1 is 1.28 bits per heavy atom. The summed E-state index contributed by atoms with van der Waals surface area (Å²) in [4.78, 5) is 14.2. The zero-order valence-corrected chi connectivity index (χ0v) is 11.1. The van der Waals surface area contributed by atoms with Crippen LogP contribution in [0.4, 0.5) is 5.69 Å². The lowest BCUT2D eigenvalue weighted by atomic mass is 10.1. The number of benzene rings is 1. The molecule has 1 aliphatic heterocycles. The molecule has 98 valence electrons. The number of carbonyl (C=O) groups is 1. The van der Waals surface area contributed by atoms with Gasteiger partial charge >= 0.3 is 0 Å². The maximum atomic E-state index is 12.3. The Kier molecular flexibility index (Phi) is 3.87. The van der Waals surface area contributed by atoms with Gasteiger partial charge in [0.15, 0.2) is 0 Å².